The highest BCUT2D eigenvalue weighted by Crippen LogP contribution is 2.26. The first-order valence-electron chi connectivity index (χ1n) is 4.42. The van der Waals surface area contributed by atoms with Crippen LogP contribution < -0.4 is 5.73 Å². The van der Waals surface area contributed by atoms with Gasteiger partial charge in [0.25, 0.3) is 0 Å². The minimum absolute atomic E-state index is 0.270. The highest BCUT2D eigenvalue weighted by atomic mass is 32.1. The Labute approximate surface area is 86.3 Å². The summed E-state index contributed by atoms with van der Waals surface area (Å²) in [5.74, 6) is -0.270. The number of primary amides is 1. The van der Waals surface area contributed by atoms with E-state index >= 15 is 0 Å². The zero-order valence-electron chi connectivity index (χ0n) is 7.91. The highest BCUT2D eigenvalue weighted by molar-refractivity contribution is 7.19. The Balaban J connectivity index is 2.46. The third kappa shape index (κ3) is 1.77. The molecular formula is C11H11NOS. The molecule has 0 atom stereocenters. The van der Waals surface area contributed by atoms with Crippen LogP contribution in [0.2, 0.25) is 0 Å². The molecule has 0 fully saturated rings. The molecule has 2 rings (SSSR count). The molecule has 2 nitrogen and oxygen atoms in total. The second kappa shape index (κ2) is 3.42. The number of aryl methyl sites for hydroxylation is 1. The Morgan fingerprint density at radius 2 is 2.21 bits per heavy atom. The molecule has 72 valence electrons. The molecule has 0 radical (unpaired) electrons. The van der Waals surface area contributed by atoms with Crippen LogP contribution in [0.3, 0.4) is 0 Å². The number of fused-ring (bicyclic) bond motifs is 1. The lowest BCUT2D eigenvalue weighted by atomic mass is 10.2. The fourth-order valence-corrected chi connectivity index (χ4v) is 2.62. The summed E-state index contributed by atoms with van der Waals surface area (Å²) < 4.78 is 1.22. The van der Waals surface area contributed by atoms with Gasteiger partial charge in [0.2, 0.25) is 5.91 Å². The number of thiophene rings is 1. The lowest BCUT2D eigenvalue weighted by Gasteiger charge is -1.90. The number of nitrogens with two attached hydrogens (primary N) is 1. The summed E-state index contributed by atoms with van der Waals surface area (Å²) in [7, 11) is 0. The number of carbonyl (C=O) groups is 1. The SMILES string of the molecule is Cc1ccc2cc(CC(N)=O)sc2c1. The molecule has 0 unspecified atom stereocenters. The summed E-state index contributed by atoms with van der Waals surface area (Å²) in [6.07, 6.45) is 0.346. The second-order valence-corrected chi connectivity index (χ2v) is 4.57. The zero-order valence-corrected chi connectivity index (χ0v) is 8.73. The van der Waals surface area contributed by atoms with Gasteiger partial charge in [0.15, 0.2) is 0 Å². The maximum absolute atomic E-state index is 10.7. The Hall–Kier alpha value is -1.35. The van der Waals surface area contributed by atoms with Crippen molar-refractivity contribution in [2.45, 2.75) is 13.3 Å². The zero-order chi connectivity index (χ0) is 10.1. The van der Waals surface area contributed by atoms with E-state index in [2.05, 4.69) is 25.1 Å². The van der Waals surface area contributed by atoms with Gasteiger partial charge in [0, 0.05) is 9.58 Å². The van der Waals surface area contributed by atoms with Gasteiger partial charge in [0.05, 0.1) is 6.42 Å². The van der Waals surface area contributed by atoms with Gasteiger partial charge >= 0.3 is 0 Å². The minimum Gasteiger partial charge on any atom is -0.369 e. The van der Waals surface area contributed by atoms with Gasteiger partial charge in [-0.1, -0.05) is 12.1 Å². The van der Waals surface area contributed by atoms with E-state index in [9.17, 15) is 4.79 Å². The molecule has 0 aliphatic rings. The van der Waals surface area contributed by atoms with Crippen molar-refractivity contribution in [3.63, 3.8) is 0 Å². The molecule has 0 spiro atoms. The van der Waals surface area contributed by atoms with Crippen molar-refractivity contribution in [2.75, 3.05) is 0 Å². The molecule has 3 heteroatoms. The average molecular weight is 205 g/mol. The van der Waals surface area contributed by atoms with Gasteiger partial charge in [0.1, 0.15) is 0 Å². The summed E-state index contributed by atoms with van der Waals surface area (Å²) in [6, 6.07) is 8.31. The van der Waals surface area contributed by atoms with Crippen LogP contribution in [0.4, 0.5) is 0 Å². The van der Waals surface area contributed by atoms with Crippen LogP contribution >= 0.6 is 11.3 Å². The smallest absolute Gasteiger partial charge is 0.222 e. The maximum Gasteiger partial charge on any atom is 0.222 e. The summed E-state index contributed by atoms with van der Waals surface area (Å²) in [5, 5.41) is 1.19. The van der Waals surface area contributed by atoms with E-state index in [1.165, 1.54) is 15.6 Å². The Morgan fingerprint density at radius 3 is 2.93 bits per heavy atom. The number of benzene rings is 1. The highest BCUT2D eigenvalue weighted by Gasteiger charge is 2.04. The van der Waals surface area contributed by atoms with E-state index in [1.807, 2.05) is 6.07 Å². The van der Waals surface area contributed by atoms with Crippen molar-refractivity contribution in [2.24, 2.45) is 5.73 Å². The number of rotatable bonds is 2. The van der Waals surface area contributed by atoms with Gasteiger partial charge in [-0.05, 0) is 30.0 Å². The van der Waals surface area contributed by atoms with Gasteiger partial charge in [-0.15, -0.1) is 11.3 Å². The van der Waals surface area contributed by atoms with Crippen molar-refractivity contribution in [3.8, 4) is 0 Å². The average Bonchev–Trinajstić information content (AvgIpc) is 2.44. The summed E-state index contributed by atoms with van der Waals surface area (Å²) in [5.41, 5.74) is 6.38. The fraction of sp³-hybridized carbons (Fsp3) is 0.182. The van der Waals surface area contributed by atoms with E-state index in [-0.39, 0.29) is 5.91 Å². The van der Waals surface area contributed by atoms with Crippen LogP contribution in [0.5, 0.6) is 0 Å². The van der Waals surface area contributed by atoms with Gasteiger partial charge in [-0.2, -0.15) is 0 Å². The molecule has 1 aromatic carbocycles. The van der Waals surface area contributed by atoms with Crippen molar-refractivity contribution in [3.05, 3.63) is 34.7 Å². The predicted molar refractivity (Wildman–Crippen MR) is 59.5 cm³/mol. The molecule has 0 saturated heterocycles. The molecule has 14 heavy (non-hydrogen) atoms. The first-order valence-corrected chi connectivity index (χ1v) is 5.24. The number of amides is 1. The van der Waals surface area contributed by atoms with Crippen molar-refractivity contribution in [1.82, 2.24) is 0 Å². The van der Waals surface area contributed by atoms with Gasteiger partial charge in [-0.3, -0.25) is 4.79 Å². The first kappa shape index (κ1) is 9.21. The van der Waals surface area contributed by atoms with Crippen LogP contribution in [0.25, 0.3) is 10.1 Å². The van der Waals surface area contributed by atoms with Crippen LogP contribution in [0, 0.1) is 6.92 Å². The summed E-state index contributed by atoms with van der Waals surface area (Å²) >= 11 is 1.64. The van der Waals surface area contributed by atoms with E-state index in [0.29, 0.717) is 6.42 Å². The topological polar surface area (TPSA) is 43.1 Å². The first-order chi connectivity index (χ1) is 6.65. The number of hydrogen-bond donors (Lipinski definition) is 1. The molecule has 1 amide bonds. The van der Waals surface area contributed by atoms with Crippen molar-refractivity contribution >= 4 is 27.3 Å². The molecule has 0 saturated carbocycles. The van der Waals surface area contributed by atoms with Crippen LogP contribution in [0.15, 0.2) is 24.3 Å². The lowest BCUT2D eigenvalue weighted by Crippen LogP contribution is -2.12. The Bertz CT molecular complexity index is 487. The van der Waals surface area contributed by atoms with E-state index in [4.69, 9.17) is 5.73 Å². The van der Waals surface area contributed by atoms with E-state index in [1.54, 1.807) is 11.3 Å². The van der Waals surface area contributed by atoms with E-state index < -0.39 is 0 Å². The van der Waals surface area contributed by atoms with Gasteiger partial charge in [-0.25, -0.2) is 0 Å². The molecule has 1 heterocycles. The van der Waals surface area contributed by atoms with Crippen molar-refractivity contribution in [1.29, 1.82) is 0 Å². The lowest BCUT2D eigenvalue weighted by molar-refractivity contribution is -0.117. The largest absolute Gasteiger partial charge is 0.369 e. The minimum atomic E-state index is -0.270. The molecule has 2 N–H and O–H groups in total. The maximum atomic E-state index is 10.7. The Kier molecular flexibility index (Phi) is 2.25. The Morgan fingerprint density at radius 1 is 1.43 bits per heavy atom. The third-order valence-electron chi connectivity index (χ3n) is 2.08. The third-order valence-corrected chi connectivity index (χ3v) is 3.17. The quantitative estimate of drug-likeness (QED) is 0.802. The fourth-order valence-electron chi connectivity index (χ4n) is 1.45. The molecule has 0 bridgehead atoms. The molecule has 1 aromatic heterocycles. The van der Waals surface area contributed by atoms with E-state index in [0.717, 1.165) is 4.88 Å². The van der Waals surface area contributed by atoms with Crippen molar-refractivity contribution < 1.29 is 4.79 Å². The summed E-state index contributed by atoms with van der Waals surface area (Å²) in [4.78, 5) is 11.8. The van der Waals surface area contributed by atoms with Crippen LogP contribution in [-0.4, -0.2) is 5.91 Å². The molecule has 2 aromatic rings. The monoisotopic (exact) mass is 205 g/mol. The second-order valence-electron chi connectivity index (χ2n) is 3.40. The number of carbonyl (C=O) groups excluding carboxylic acids is 1. The molecule has 0 aliphatic heterocycles. The molecular weight excluding hydrogens is 194 g/mol. The summed E-state index contributed by atoms with van der Waals surface area (Å²) in [6.45, 7) is 2.06. The normalized spacial score (nSPS) is 10.6. The van der Waals surface area contributed by atoms with Gasteiger partial charge < -0.3 is 5.73 Å². The molecule has 0 aliphatic carbocycles. The standard InChI is InChI=1S/C11H11NOS/c1-7-2-3-8-5-9(6-11(12)13)14-10(8)4-7/h2-5H,6H2,1H3,(H2,12,13). The van der Waals surface area contributed by atoms with Crippen LogP contribution in [-0.2, 0) is 11.2 Å². The van der Waals surface area contributed by atoms with Crippen LogP contribution in [0.1, 0.15) is 10.4 Å². The number of hydrogen-bond acceptors (Lipinski definition) is 2. The predicted octanol–water partition coefficient (Wildman–Crippen LogP) is 2.24.